The van der Waals surface area contributed by atoms with Crippen molar-refractivity contribution in [3.63, 3.8) is 0 Å². The first-order chi connectivity index (χ1) is 14.7. The van der Waals surface area contributed by atoms with Crippen molar-refractivity contribution in [3.05, 3.63) is 64.1 Å². The Balaban J connectivity index is 1.20. The zero-order chi connectivity index (χ0) is 20.5. The normalized spacial score (nSPS) is 16.2. The van der Waals surface area contributed by atoms with Crippen LogP contribution in [0.15, 0.2) is 47.3 Å². The highest BCUT2D eigenvalue weighted by Gasteiger charge is 2.25. The smallest absolute Gasteiger partial charge is 0.272 e. The van der Waals surface area contributed by atoms with E-state index in [1.165, 1.54) is 10.5 Å². The number of hydrogen-bond donors (Lipinski definition) is 2. The second kappa shape index (κ2) is 7.79. The number of carbonyl (C=O) groups excluding carboxylic acids is 1. The number of H-pyrrole nitrogens is 1. The second-order valence-corrected chi connectivity index (χ2v) is 7.72. The summed E-state index contributed by atoms with van der Waals surface area (Å²) < 4.78 is 10.8. The lowest BCUT2D eigenvalue weighted by atomic mass is 10.1. The molecule has 3 heterocycles. The van der Waals surface area contributed by atoms with Crippen LogP contribution in [0.5, 0.6) is 11.5 Å². The van der Waals surface area contributed by atoms with Crippen LogP contribution in [0.2, 0.25) is 0 Å². The van der Waals surface area contributed by atoms with Gasteiger partial charge in [0.05, 0.1) is 43.7 Å². The van der Waals surface area contributed by atoms with E-state index in [0.29, 0.717) is 24.2 Å². The van der Waals surface area contributed by atoms with Crippen LogP contribution in [-0.4, -0.2) is 54.0 Å². The molecule has 1 amide bonds. The molecule has 2 N–H and O–H groups in total. The van der Waals surface area contributed by atoms with Gasteiger partial charge in [0.2, 0.25) is 12.7 Å². The van der Waals surface area contributed by atoms with Crippen LogP contribution in [0.1, 0.15) is 11.3 Å². The van der Waals surface area contributed by atoms with Crippen molar-refractivity contribution >= 4 is 16.7 Å². The summed E-state index contributed by atoms with van der Waals surface area (Å²) in [7, 11) is 0. The molecule has 0 unspecified atom stereocenters. The Bertz CT molecular complexity index is 1150. The molecule has 0 saturated carbocycles. The molecule has 2 aromatic carbocycles. The molecule has 0 atom stereocenters. The van der Waals surface area contributed by atoms with Crippen LogP contribution >= 0.6 is 0 Å². The number of benzene rings is 2. The highest BCUT2D eigenvalue weighted by atomic mass is 16.7. The predicted octanol–water partition coefficient (Wildman–Crippen LogP) is 0.122. The quantitative estimate of drug-likeness (QED) is 0.642. The molecule has 0 aliphatic carbocycles. The van der Waals surface area contributed by atoms with Gasteiger partial charge in [-0.1, -0.05) is 18.2 Å². The minimum Gasteiger partial charge on any atom is -0.454 e. The lowest BCUT2D eigenvalue weighted by Gasteiger charge is -2.32. The maximum atomic E-state index is 12.8. The Morgan fingerprint density at radius 3 is 2.67 bits per heavy atom. The van der Waals surface area contributed by atoms with Crippen molar-refractivity contribution in [2.24, 2.45) is 0 Å². The van der Waals surface area contributed by atoms with Crippen LogP contribution in [0, 0.1) is 0 Å². The number of hydrogen-bond acceptors (Lipinski definition) is 5. The molecule has 1 aromatic heterocycles. The summed E-state index contributed by atoms with van der Waals surface area (Å²) in [6, 6.07) is 13.3. The van der Waals surface area contributed by atoms with Gasteiger partial charge in [-0.3, -0.25) is 9.59 Å². The number of carbonyl (C=O) groups is 1. The molecule has 2 aliphatic rings. The monoisotopic (exact) mass is 407 g/mol. The van der Waals surface area contributed by atoms with E-state index < -0.39 is 0 Å². The largest absolute Gasteiger partial charge is 0.454 e. The minimum absolute atomic E-state index is 0.0434. The fraction of sp³-hybridized carbons (Fsp3) is 0.318. The Morgan fingerprint density at radius 2 is 1.83 bits per heavy atom. The van der Waals surface area contributed by atoms with Crippen molar-refractivity contribution in [2.75, 3.05) is 33.0 Å². The highest BCUT2D eigenvalue weighted by Crippen LogP contribution is 2.32. The maximum Gasteiger partial charge on any atom is 0.272 e. The van der Waals surface area contributed by atoms with Crippen molar-refractivity contribution in [3.8, 4) is 11.5 Å². The van der Waals surface area contributed by atoms with Crippen LogP contribution in [-0.2, 0) is 17.8 Å². The summed E-state index contributed by atoms with van der Waals surface area (Å²) in [5.41, 5.74) is 1.59. The van der Waals surface area contributed by atoms with Crippen molar-refractivity contribution in [1.29, 1.82) is 0 Å². The number of piperazine rings is 1. The number of nitrogens with zero attached hydrogens (tertiary/aromatic N) is 2. The van der Waals surface area contributed by atoms with E-state index in [2.05, 4.69) is 16.3 Å². The highest BCUT2D eigenvalue weighted by molar-refractivity contribution is 5.88. The molecule has 0 radical (unpaired) electrons. The molecule has 5 rings (SSSR count). The third-order valence-corrected chi connectivity index (χ3v) is 5.81. The zero-order valence-corrected chi connectivity index (χ0v) is 16.5. The van der Waals surface area contributed by atoms with Gasteiger partial charge in [-0.15, -0.1) is 0 Å². The van der Waals surface area contributed by atoms with Gasteiger partial charge in [0, 0.05) is 10.9 Å². The standard InChI is InChI=1S/C22H22N4O4/c27-21(12-18-16-3-1-2-4-17(16)22(28)24-23-18)26-9-7-25(8-10-26)13-15-5-6-19-20(11-15)30-14-29-19/h1-6,11H,7-10,12-14H2,(H,24,28)/p+1. The van der Waals surface area contributed by atoms with E-state index in [0.717, 1.165) is 36.5 Å². The summed E-state index contributed by atoms with van der Waals surface area (Å²) in [4.78, 5) is 28.1. The molecule has 1 fully saturated rings. The molecular formula is C22H23N4O4+. The van der Waals surface area contributed by atoms with Crippen molar-refractivity contribution < 1.29 is 19.2 Å². The second-order valence-electron chi connectivity index (χ2n) is 7.72. The van der Waals surface area contributed by atoms with Gasteiger partial charge in [0.25, 0.3) is 5.56 Å². The van der Waals surface area contributed by atoms with Gasteiger partial charge in [-0.2, -0.15) is 5.10 Å². The van der Waals surface area contributed by atoms with Gasteiger partial charge in [0.15, 0.2) is 11.5 Å². The third kappa shape index (κ3) is 3.61. The average molecular weight is 407 g/mol. The van der Waals surface area contributed by atoms with Gasteiger partial charge >= 0.3 is 0 Å². The number of aromatic amines is 1. The molecule has 154 valence electrons. The number of amides is 1. The SMILES string of the molecule is O=C(Cc1n[nH]c(=O)c2ccccc12)N1CC[NH+](Cc2ccc3c(c2)OCO3)CC1. The summed E-state index contributed by atoms with van der Waals surface area (Å²) in [6.07, 6.45) is 0.189. The maximum absolute atomic E-state index is 12.8. The van der Waals surface area contributed by atoms with Gasteiger partial charge in [0.1, 0.15) is 6.54 Å². The molecule has 0 spiro atoms. The molecule has 0 bridgehead atoms. The fourth-order valence-corrected chi connectivity index (χ4v) is 4.15. The molecule has 8 heteroatoms. The molecule has 3 aromatic rings. The average Bonchev–Trinajstić information content (AvgIpc) is 3.24. The lowest BCUT2D eigenvalue weighted by Crippen LogP contribution is -3.13. The van der Waals surface area contributed by atoms with E-state index >= 15 is 0 Å². The minimum atomic E-state index is -0.234. The fourth-order valence-electron chi connectivity index (χ4n) is 4.15. The van der Waals surface area contributed by atoms with Crippen molar-refractivity contribution in [2.45, 2.75) is 13.0 Å². The van der Waals surface area contributed by atoms with E-state index in [4.69, 9.17) is 9.47 Å². The first kappa shape index (κ1) is 18.6. The van der Waals surface area contributed by atoms with Crippen molar-refractivity contribution in [1.82, 2.24) is 15.1 Å². The van der Waals surface area contributed by atoms with E-state index in [-0.39, 0.29) is 24.7 Å². The van der Waals surface area contributed by atoms with Crippen LogP contribution in [0.4, 0.5) is 0 Å². The summed E-state index contributed by atoms with van der Waals surface area (Å²) >= 11 is 0. The van der Waals surface area contributed by atoms with Crippen LogP contribution < -0.4 is 19.9 Å². The number of quaternary nitrogens is 1. The van der Waals surface area contributed by atoms with Gasteiger partial charge in [-0.05, 0) is 24.3 Å². The molecule has 8 nitrogen and oxygen atoms in total. The van der Waals surface area contributed by atoms with Crippen LogP contribution in [0.3, 0.4) is 0 Å². The van der Waals surface area contributed by atoms with E-state index in [1.807, 2.05) is 35.2 Å². The Hall–Kier alpha value is -3.39. The van der Waals surface area contributed by atoms with E-state index in [9.17, 15) is 9.59 Å². The first-order valence-electron chi connectivity index (χ1n) is 10.1. The van der Waals surface area contributed by atoms with E-state index in [1.54, 1.807) is 6.07 Å². The Kier molecular flexibility index (Phi) is 4.84. The Labute approximate surface area is 173 Å². The van der Waals surface area contributed by atoms with Gasteiger partial charge in [-0.25, -0.2) is 5.10 Å². The molecule has 2 aliphatic heterocycles. The molecule has 1 saturated heterocycles. The lowest BCUT2D eigenvalue weighted by molar-refractivity contribution is -0.917. The first-order valence-corrected chi connectivity index (χ1v) is 10.1. The predicted molar refractivity (Wildman–Crippen MR) is 110 cm³/mol. The summed E-state index contributed by atoms with van der Waals surface area (Å²) in [5.74, 6) is 1.65. The van der Waals surface area contributed by atoms with Crippen LogP contribution in [0.25, 0.3) is 10.8 Å². The number of fused-ring (bicyclic) bond motifs is 2. The van der Waals surface area contributed by atoms with Gasteiger partial charge < -0.3 is 19.3 Å². The number of aromatic nitrogens is 2. The topological polar surface area (TPSA) is 89.0 Å². The molecule has 30 heavy (non-hydrogen) atoms. The third-order valence-electron chi connectivity index (χ3n) is 5.81. The zero-order valence-electron chi connectivity index (χ0n) is 16.5. The Morgan fingerprint density at radius 1 is 1.07 bits per heavy atom. The molecular weight excluding hydrogens is 384 g/mol. The number of ether oxygens (including phenoxy) is 2. The number of nitrogens with one attached hydrogen (secondary N) is 2. The number of rotatable bonds is 4. The summed E-state index contributed by atoms with van der Waals surface area (Å²) in [6.45, 7) is 4.37. The summed E-state index contributed by atoms with van der Waals surface area (Å²) in [5, 5.41) is 7.93.